The molecule has 1 unspecified atom stereocenters. The number of carbonyl (C=O) groups excluding carboxylic acids is 1. The van der Waals surface area contributed by atoms with Gasteiger partial charge in [0.2, 0.25) is 5.91 Å². The standard InChI is InChI=1S/C11H10BrFN4O/c1-7(17-6-14-5-15-17)11(18)16-10-4-8(13)2-3-9(10)12/h2-7H,1H3,(H,16,18). The summed E-state index contributed by atoms with van der Waals surface area (Å²) in [6, 6.07) is 3.56. The molecule has 0 aliphatic carbocycles. The molecule has 94 valence electrons. The Labute approximate surface area is 111 Å². The van der Waals surface area contributed by atoms with Gasteiger partial charge in [0.25, 0.3) is 0 Å². The van der Waals surface area contributed by atoms with E-state index in [1.807, 2.05) is 0 Å². The zero-order valence-electron chi connectivity index (χ0n) is 9.47. The highest BCUT2D eigenvalue weighted by molar-refractivity contribution is 9.10. The quantitative estimate of drug-likeness (QED) is 0.946. The molecular weight excluding hydrogens is 303 g/mol. The lowest BCUT2D eigenvalue weighted by atomic mass is 10.2. The van der Waals surface area contributed by atoms with E-state index in [-0.39, 0.29) is 5.91 Å². The van der Waals surface area contributed by atoms with Gasteiger partial charge in [-0.2, -0.15) is 5.10 Å². The molecule has 7 heteroatoms. The van der Waals surface area contributed by atoms with Crippen LogP contribution < -0.4 is 5.32 Å². The molecular formula is C11H10BrFN4O. The van der Waals surface area contributed by atoms with E-state index in [0.717, 1.165) is 0 Å². The van der Waals surface area contributed by atoms with Crippen LogP contribution in [0, 0.1) is 5.82 Å². The smallest absolute Gasteiger partial charge is 0.249 e. The summed E-state index contributed by atoms with van der Waals surface area (Å²) in [5.74, 6) is -0.714. The van der Waals surface area contributed by atoms with Crippen LogP contribution in [-0.4, -0.2) is 20.7 Å². The first-order chi connectivity index (χ1) is 8.58. The molecule has 1 aromatic carbocycles. The summed E-state index contributed by atoms with van der Waals surface area (Å²) in [6.07, 6.45) is 2.80. The van der Waals surface area contributed by atoms with Gasteiger partial charge in [-0.05, 0) is 41.1 Å². The van der Waals surface area contributed by atoms with Gasteiger partial charge >= 0.3 is 0 Å². The molecule has 5 nitrogen and oxygen atoms in total. The van der Waals surface area contributed by atoms with Crippen LogP contribution >= 0.6 is 15.9 Å². The van der Waals surface area contributed by atoms with Crippen LogP contribution in [0.4, 0.5) is 10.1 Å². The number of nitrogens with zero attached hydrogens (tertiary/aromatic N) is 3. The van der Waals surface area contributed by atoms with Crippen LogP contribution in [0.25, 0.3) is 0 Å². The summed E-state index contributed by atoms with van der Waals surface area (Å²) in [5, 5.41) is 6.50. The molecule has 2 rings (SSSR count). The Bertz CT molecular complexity index is 558. The monoisotopic (exact) mass is 312 g/mol. The number of hydrogen-bond donors (Lipinski definition) is 1. The highest BCUT2D eigenvalue weighted by Gasteiger charge is 2.16. The molecule has 0 saturated heterocycles. The maximum Gasteiger partial charge on any atom is 0.249 e. The molecule has 1 amide bonds. The zero-order chi connectivity index (χ0) is 13.1. The number of nitrogens with one attached hydrogen (secondary N) is 1. The van der Waals surface area contributed by atoms with Crippen molar-refractivity contribution in [3.63, 3.8) is 0 Å². The van der Waals surface area contributed by atoms with Crippen molar-refractivity contribution < 1.29 is 9.18 Å². The fourth-order valence-electron chi connectivity index (χ4n) is 1.37. The lowest BCUT2D eigenvalue weighted by molar-refractivity contribution is -0.119. The molecule has 1 heterocycles. The van der Waals surface area contributed by atoms with E-state index in [0.29, 0.717) is 10.2 Å². The van der Waals surface area contributed by atoms with Crippen LogP contribution in [-0.2, 0) is 4.79 Å². The number of aromatic nitrogens is 3. The minimum Gasteiger partial charge on any atom is -0.323 e. The van der Waals surface area contributed by atoms with Crippen molar-refractivity contribution in [1.82, 2.24) is 14.8 Å². The zero-order valence-corrected chi connectivity index (χ0v) is 11.1. The average molecular weight is 313 g/mol. The number of hydrogen-bond acceptors (Lipinski definition) is 3. The first-order valence-electron chi connectivity index (χ1n) is 5.18. The van der Waals surface area contributed by atoms with Crippen LogP contribution in [0.15, 0.2) is 35.3 Å². The van der Waals surface area contributed by atoms with Gasteiger partial charge in [-0.1, -0.05) is 0 Å². The van der Waals surface area contributed by atoms with E-state index in [1.165, 1.54) is 35.5 Å². The SMILES string of the molecule is CC(C(=O)Nc1cc(F)ccc1Br)n1cncn1. The first kappa shape index (κ1) is 12.7. The summed E-state index contributed by atoms with van der Waals surface area (Å²) in [5.41, 5.74) is 0.381. The lowest BCUT2D eigenvalue weighted by Gasteiger charge is -2.13. The Morgan fingerprint density at radius 3 is 3.00 bits per heavy atom. The predicted molar refractivity (Wildman–Crippen MR) is 67.5 cm³/mol. The topological polar surface area (TPSA) is 59.8 Å². The van der Waals surface area contributed by atoms with Gasteiger partial charge in [-0.3, -0.25) is 4.79 Å². The Morgan fingerprint density at radius 2 is 2.33 bits per heavy atom. The molecule has 1 aromatic heterocycles. The van der Waals surface area contributed by atoms with E-state index in [9.17, 15) is 9.18 Å². The summed E-state index contributed by atoms with van der Waals surface area (Å²) >= 11 is 3.24. The molecule has 0 aliphatic heterocycles. The van der Waals surface area contributed by atoms with Crippen molar-refractivity contribution in [1.29, 1.82) is 0 Å². The molecule has 1 atom stereocenters. The highest BCUT2D eigenvalue weighted by Crippen LogP contribution is 2.23. The molecule has 18 heavy (non-hydrogen) atoms. The summed E-state index contributed by atoms with van der Waals surface area (Å²) in [7, 11) is 0. The summed E-state index contributed by atoms with van der Waals surface area (Å²) in [6.45, 7) is 1.68. The van der Waals surface area contributed by atoms with Gasteiger partial charge in [0.05, 0.1) is 5.69 Å². The average Bonchev–Trinajstić information content (AvgIpc) is 2.86. The highest BCUT2D eigenvalue weighted by atomic mass is 79.9. The maximum atomic E-state index is 13.1. The Kier molecular flexibility index (Phi) is 3.71. The van der Waals surface area contributed by atoms with Gasteiger partial charge in [0, 0.05) is 4.47 Å². The van der Waals surface area contributed by atoms with Crippen molar-refractivity contribution in [3.05, 3.63) is 41.1 Å². The Hall–Kier alpha value is -1.76. The summed E-state index contributed by atoms with van der Waals surface area (Å²) < 4.78 is 15.1. The molecule has 0 radical (unpaired) electrons. The first-order valence-corrected chi connectivity index (χ1v) is 5.97. The third-order valence-electron chi connectivity index (χ3n) is 2.40. The minimum absolute atomic E-state index is 0.299. The Balaban J connectivity index is 2.14. The molecule has 0 saturated carbocycles. The van der Waals surface area contributed by atoms with Gasteiger partial charge in [-0.25, -0.2) is 14.1 Å². The van der Waals surface area contributed by atoms with Crippen molar-refractivity contribution in [2.24, 2.45) is 0 Å². The number of rotatable bonds is 3. The van der Waals surface area contributed by atoms with E-state index in [2.05, 4.69) is 31.3 Å². The van der Waals surface area contributed by atoms with Crippen molar-refractivity contribution in [2.45, 2.75) is 13.0 Å². The lowest BCUT2D eigenvalue weighted by Crippen LogP contribution is -2.24. The molecule has 0 spiro atoms. The van der Waals surface area contributed by atoms with Crippen LogP contribution in [0.5, 0.6) is 0 Å². The second-order valence-electron chi connectivity index (χ2n) is 3.66. The summed E-state index contributed by atoms with van der Waals surface area (Å²) in [4.78, 5) is 15.7. The molecule has 2 aromatic rings. The van der Waals surface area contributed by atoms with Crippen LogP contribution in [0.2, 0.25) is 0 Å². The van der Waals surface area contributed by atoms with Gasteiger partial charge < -0.3 is 5.32 Å². The number of benzene rings is 1. The fraction of sp³-hybridized carbons (Fsp3) is 0.182. The van der Waals surface area contributed by atoms with Crippen molar-refractivity contribution >= 4 is 27.5 Å². The van der Waals surface area contributed by atoms with Gasteiger partial charge in [-0.15, -0.1) is 0 Å². The van der Waals surface area contributed by atoms with E-state index >= 15 is 0 Å². The number of carbonyl (C=O) groups is 1. The number of amides is 1. The Morgan fingerprint density at radius 1 is 1.56 bits per heavy atom. The largest absolute Gasteiger partial charge is 0.323 e. The molecule has 1 N–H and O–H groups in total. The number of anilines is 1. The molecule has 0 fully saturated rings. The molecule has 0 bridgehead atoms. The van der Waals surface area contributed by atoms with Crippen molar-refractivity contribution in [2.75, 3.05) is 5.32 Å². The number of halogens is 2. The van der Waals surface area contributed by atoms with Crippen LogP contribution in [0.3, 0.4) is 0 Å². The van der Waals surface area contributed by atoms with Gasteiger partial charge in [0.1, 0.15) is 24.5 Å². The van der Waals surface area contributed by atoms with E-state index < -0.39 is 11.9 Å². The molecule has 0 aliphatic rings. The van der Waals surface area contributed by atoms with Gasteiger partial charge in [0.15, 0.2) is 0 Å². The van der Waals surface area contributed by atoms with E-state index in [4.69, 9.17) is 0 Å². The third kappa shape index (κ3) is 2.73. The normalized spacial score (nSPS) is 12.2. The predicted octanol–water partition coefficient (Wildman–Crippen LogP) is 2.38. The van der Waals surface area contributed by atoms with Crippen LogP contribution in [0.1, 0.15) is 13.0 Å². The van der Waals surface area contributed by atoms with Crippen molar-refractivity contribution in [3.8, 4) is 0 Å². The maximum absolute atomic E-state index is 13.1. The third-order valence-corrected chi connectivity index (χ3v) is 3.09. The second-order valence-corrected chi connectivity index (χ2v) is 4.52. The van der Waals surface area contributed by atoms with E-state index in [1.54, 1.807) is 6.92 Å². The fourth-order valence-corrected chi connectivity index (χ4v) is 1.71. The second kappa shape index (κ2) is 5.26. The minimum atomic E-state index is -0.525.